The number of ether oxygens (including phenoxy) is 1. The third-order valence-electron chi connectivity index (χ3n) is 3.09. The van der Waals surface area contributed by atoms with Crippen molar-refractivity contribution in [2.24, 2.45) is 5.92 Å². The third-order valence-corrected chi connectivity index (χ3v) is 3.59. The predicted octanol–water partition coefficient (Wildman–Crippen LogP) is 4.90. The molecule has 0 aliphatic rings. The Balaban J connectivity index is 3.09. The van der Waals surface area contributed by atoms with Crippen LogP contribution in [-0.4, -0.2) is 25.7 Å². The number of rotatable bonds is 8. The molecule has 0 aliphatic heterocycles. The molecule has 4 heteroatoms. The van der Waals surface area contributed by atoms with E-state index in [4.69, 9.17) is 4.74 Å². The number of benzene rings is 1. The molecule has 3 nitrogen and oxygen atoms in total. The van der Waals surface area contributed by atoms with E-state index in [1.165, 1.54) is 6.08 Å². The molecule has 22 heavy (non-hydrogen) atoms. The molecule has 0 unspecified atom stereocenters. The standard InChI is InChI=1S/C18H26BrNO2/c1-5-11-20(13-14(3)4)17-9-8-16(19)12-15(17)7-10-18(21)22-6-2/h7-10,12,14H,5-6,11,13H2,1-4H3/b10-7+. The number of anilines is 1. The largest absolute Gasteiger partial charge is 0.463 e. The summed E-state index contributed by atoms with van der Waals surface area (Å²) in [6.07, 6.45) is 4.42. The first-order valence-corrected chi connectivity index (χ1v) is 8.66. The Hall–Kier alpha value is -1.29. The van der Waals surface area contributed by atoms with Crippen LogP contribution in [0.4, 0.5) is 5.69 Å². The second kappa shape index (κ2) is 9.67. The van der Waals surface area contributed by atoms with Crippen LogP contribution in [0.15, 0.2) is 28.7 Å². The van der Waals surface area contributed by atoms with Gasteiger partial charge in [-0.25, -0.2) is 4.79 Å². The Bertz CT molecular complexity index is 512. The number of halogens is 1. The molecule has 0 saturated carbocycles. The second-order valence-corrected chi connectivity index (χ2v) is 6.54. The van der Waals surface area contributed by atoms with Crippen molar-refractivity contribution in [1.29, 1.82) is 0 Å². The fraction of sp³-hybridized carbons (Fsp3) is 0.500. The van der Waals surface area contributed by atoms with Gasteiger partial charge in [-0.15, -0.1) is 0 Å². The molecular formula is C18H26BrNO2. The Morgan fingerprint density at radius 2 is 2.09 bits per heavy atom. The molecular weight excluding hydrogens is 342 g/mol. The van der Waals surface area contributed by atoms with Gasteiger partial charge in [0.2, 0.25) is 0 Å². The molecule has 0 aliphatic carbocycles. The zero-order valence-corrected chi connectivity index (χ0v) is 15.5. The summed E-state index contributed by atoms with van der Waals surface area (Å²) in [5, 5.41) is 0. The van der Waals surface area contributed by atoms with Gasteiger partial charge >= 0.3 is 5.97 Å². The molecule has 0 fully saturated rings. The first-order chi connectivity index (χ1) is 10.5. The first kappa shape index (κ1) is 18.8. The maximum Gasteiger partial charge on any atom is 0.330 e. The maximum atomic E-state index is 11.6. The quantitative estimate of drug-likeness (QED) is 0.483. The highest BCUT2D eigenvalue weighted by Gasteiger charge is 2.11. The van der Waals surface area contributed by atoms with Crippen molar-refractivity contribution in [2.45, 2.75) is 34.1 Å². The number of carbonyl (C=O) groups is 1. The zero-order chi connectivity index (χ0) is 16.5. The number of esters is 1. The summed E-state index contributed by atoms with van der Waals surface area (Å²) in [6, 6.07) is 6.18. The van der Waals surface area contributed by atoms with Gasteiger partial charge in [0.1, 0.15) is 0 Å². The van der Waals surface area contributed by atoms with Gasteiger partial charge in [-0.3, -0.25) is 0 Å². The summed E-state index contributed by atoms with van der Waals surface area (Å²) >= 11 is 3.50. The molecule has 1 rings (SSSR count). The summed E-state index contributed by atoms with van der Waals surface area (Å²) in [6.45, 7) is 10.8. The van der Waals surface area contributed by atoms with E-state index in [0.29, 0.717) is 12.5 Å². The predicted molar refractivity (Wildman–Crippen MR) is 97.2 cm³/mol. The SMILES string of the molecule is CCCN(CC(C)C)c1ccc(Br)cc1/C=C/C(=O)OCC. The number of hydrogen-bond donors (Lipinski definition) is 0. The second-order valence-electron chi connectivity index (χ2n) is 5.63. The molecule has 0 radical (unpaired) electrons. The lowest BCUT2D eigenvalue weighted by Gasteiger charge is -2.28. The fourth-order valence-corrected chi connectivity index (χ4v) is 2.69. The van der Waals surface area contributed by atoms with Gasteiger partial charge in [-0.05, 0) is 49.1 Å². The summed E-state index contributed by atoms with van der Waals surface area (Å²) in [5.74, 6) is 0.274. The topological polar surface area (TPSA) is 29.5 Å². The van der Waals surface area contributed by atoms with E-state index >= 15 is 0 Å². The minimum absolute atomic E-state index is 0.306. The first-order valence-electron chi connectivity index (χ1n) is 7.87. The van der Waals surface area contributed by atoms with Crippen molar-refractivity contribution in [2.75, 3.05) is 24.6 Å². The molecule has 0 heterocycles. The van der Waals surface area contributed by atoms with E-state index in [2.05, 4.69) is 47.7 Å². The van der Waals surface area contributed by atoms with E-state index in [0.717, 1.165) is 35.2 Å². The van der Waals surface area contributed by atoms with Crippen molar-refractivity contribution >= 4 is 33.7 Å². The van der Waals surface area contributed by atoms with Gasteiger partial charge < -0.3 is 9.64 Å². The molecule has 0 bridgehead atoms. The Morgan fingerprint density at radius 1 is 1.36 bits per heavy atom. The normalized spacial score (nSPS) is 11.2. The molecule has 0 atom stereocenters. The highest BCUT2D eigenvalue weighted by Crippen LogP contribution is 2.27. The van der Waals surface area contributed by atoms with Crippen molar-refractivity contribution in [3.63, 3.8) is 0 Å². The van der Waals surface area contributed by atoms with Gasteiger partial charge in [0.05, 0.1) is 6.61 Å². The van der Waals surface area contributed by atoms with Crippen LogP contribution >= 0.6 is 15.9 Å². The van der Waals surface area contributed by atoms with Crippen molar-refractivity contribution in [3.05, 3.63) is 34.3 Å². The lowest BCUT2D eigenvalue weighted by atomic mass is 10.1. The van der Waals surface area contributed by atoms with Crippen molar-refractivity contribution in [3.8, 4) is 0 Å². The van der Waals surface area contributed by atoms with E-state index in [9.17, 15) is 4.79 Å². The van der Waals surface area contributed by atoms with Gasteiger partial charge in [0.25, 0.3) is 0 Å². The van der Waals surface area contributed by atoms with E-state index in [-0.39, 0.29) is 5.97 Å². The molecule has 0 saturated heterocycles. The number of carbonyl (C=O) groups excluding carboxylic acids is 1. The lowest BCUT2D eigenvalue weighted by molar-refractivity contribution is -0.137. The summed E-state index contributed by atoms with van der Waals surface area (Å²) in [5.41, 5.74) is 2.18. The van der Waals surface area contributed by atoms with Crippen LogP contribution in [0.2, 0.25) is 0 Å². The van der Waals surface area contributed by atoms with Crippen LogP contribution in [0, 0.1) is 5.92 Å². The van der Waals surface area contributed by atoms with Crippen molar-refractivity contribution in [1.82, 2.24) is 0 Å². The summed E-state index contributed by atoms with van der Waals surface area (Å²) in [4.78, 5) is 13.9. The summed E-state index contributed by atoms with van der Waals surface area (Å²) in [7, 11) is 0. The zero-order valence-electron chi connectivity index (χ0n) is 13.9. The Morgan fingerprint density at radius 3 is 2.68 bits per heavy atom. The Labute approximate surface area is 142 Å². The van der Waals surface area contributed by atoms with Crippen LogP contribution < -0.4 is 4.90 Å². The number of hydrogen-bond acceptors (Lipinski definition) is 3. The molecule has 0 spiro atoms. The van der Waals surface area contributed by atoms with E-state index in [1.54, 1.807) is 0 Å². The van der Waals surface area contributed by atoms with Crippen molar-refractivity contribution < 1.29 is 9.53 Å². The molecule has 1 aromatic carbocycles. The molecule has 1 aromatic rings. The van der Waals surface area contributed by atoms with E-state index < -0.39 is 0 Å². The van der Waals surface area contributed by atoms with Crippen LogP contribution in [0.1, 0.15) is 39.7 Å². The van der Waals surface area contributed by atoms with Crippen LogP contribution in [0.3, 0.4) is 0 Å². The summed E-state index contributed by atoms with van der Waals surface area (Å²) < 4.78 is 5.96. The molecule has 0 amide bonds. The van der Waals surface area contributed by atoms with Crippen LogP contribution in [0.25, 0.3) is 6.08 Å². The minimum Gasteiger partial charge on any atom is -0.463 e. The maximum absolute atomic E-state index is 11.6. The Kier molecular flexibility index (Phi) is 8.25. The van der Waals surface area contributed by atoms with Crippen LogP contribution in [0.5, 0.6) is 0 Å². The van der Waals surface area contributed by atoms with E-state index in [1.807, 2.05) is 25.1 Å². The lowest BCUT2D eigenvalue weighted by Crippen LogP contribution is -2.29. The molecule has 0 N–H and O–H groups in total. The monoisotopic (exact) mass is 367 g/mol. The average molecular weight is 368 g/mol. The van der Waals surface area contributed by atoms with Gasteiger partial charge in [-0.2, -0.15) is 0 Å². The van der Waals surface area contributed by atoms with Gasteiger partial charge in [0.15, 0.2) is 0 Å². The van der Waals surface area contributed by atoms with Gasteiger partial charge in [-0.1, -0.05) is 36.7 Å². The fourth-order valence-electron chi connectivity index (χ4n) is 2.32. The minimum atomic E-state index is -0.306. The number of nitrogens with zero attached hydrogens (tertiary/aromatic N) is 1. The highest BCUT2D eigenvalue weighted by molar-refractivity contribution is 9.10. The molecule has 0 aromatic heterocycles. The average Bonchev–Trinajstić information content (AvgIpc) is 2.45. The third kappa shape index (κ3) is 6.22. The van der Waals surface area contributed by atoms with Crippen LogP contribution in [-0.2, 0) is 9.53 Å². The highest BCUT2D eigenvalue weighted by atomic mass is 79.9. The molecule has 122 valence electrons. The van der Waals surface area contributed by atoms with Gasteiger partial charge in [0, 0.05) is 29.3 Å². The smallest absolute Gasteiger partial charge is 0.330 e.